The summed E-state index contributed by atoms with van der Waals surface area (Å²) < 4.78 is 11.0. The topological polar surface area (TPSA) is 30.5 Å². The molecule has 1 fully saturated rings. The summed E-state index contributed by atoms with van der Waals surface area (Å²) in [4.78, 5) is 0. The molecule has 0 saturated carbocycles. The first kappa shape index (κ1) is 12.0. The molecule has 3 rings (SSSR count). The summed E-state index contributed by atoms with van der Waals surface area (Å²) >= 11 is 0. The average molecular weight is 247 g/mol. The van der Waals surface area contributed by atoms with Gasteiger partial charge < -0.3 is 14.8 Å². The normalized spacial score (nSPS) is 20.4. The quantitative estimate of drug-likeness (QED) is 0.881. The van der Waals surface area contributed by atoms with Crippen molar-refractivity contribution in [2.45, 2.75) is 31.7 Å². The van der Waals surface area contributed by atoms with Crippen LogP contribution in [0, 0.1) is 0 Å². The van der Waals surface area contributed by atoms with Crippen molar-refractivity contribution in [3.05, 3.63) is 29.3 Å². The van der Waals surface area contributed by atoms with Gasteiger partial charge in [0.1, 0.15) is 5.75 Å². The van der Waals surface area contributed by atoms with Crippen molar-refractivity contribution < 1.29 is 9.47 Å². The Balaban J connectivity index is 1.83. The highest BCUT2D eigenvalue weighted by Crippen LogP contribution is 2.36. The smallest absolute Gasteiger partial charge is 0.122 e. The van der Waals surface area contributed by atoms with Crippen molar-refractivity contribution in [3.63, 3.8) is 0 Å². The van der Waals surface area contributed by atoms with Gasteiger partial charge in [0.2, 0.25) is 0 Å². The number of ether oxygens (including phenoxy) is 2. The molecule has 2 heterocycles. The van der Waals surface area contributed by atoms with Crippen LogP contribution < -0.4 is 10.1 Å². The lowest BCUT2D eigenvalue weighted by molar-refractivity contribution is -0.0597. The van der Waals surface area contributed by atoms with E-state index in [2.05, 4.69) is 37.4 Å². The Morgan fingerprint density at radius 2 is 2.17 bits per heavy atom. The van der Waals surface area contributed by atoms with E-state index in [4.69, 9.17) is 9.47 Å². The molecule has 1 saturated heterocycles. The molecule has 0 bridgehead atoms. The Morgan fingerprint density at radius 3 is 2.83 bits per heavy atom. The summed E-state index contributed by atoms with van der Waals surface area (Å²) in [5.74, 6) is 1.06. The second kappa shape index (κ2) is 4.56. The Kier molecular flexibility index (Phi) is 3.04. The van der Waals surface area contributed by atoms with E-state index in [1.165, 1.54) is 11.1 Å². The zero-order valence-corrected chi connectivity index (χ0v) is 11.2. The van der Waals surface area contributed by atoms with Crippen LogP contribution in [-0.2, 0) is 16.6 Å². The maximum absolute atomic E-state index is 5.57. The molecular formula is C15H21NO2. The molecule has 0 amide bonds. The first-order chi connectivity index (χ1) is 8.70. The predicted octanol–water partition coefficient (Wildman–Crippen LogP) is 1.89. The Morgan fingerprint density at radius 1 is 1.33 bits per heavy atom. The maximum atomic E-state index is 5.57. The number of nitrogens with one attached hydrogen (secondary N) is 1. The van der Waals surface area contributed by atoms with Crippen LogP contribution in [0.15, 0.2) is 18.2 Å². The third kappa shape index (κ3) is 2.02. The van der Waals surface area contributed by atoms with Crippen LogP contribution in [0.2, 0.25) is 0 Å². The van der Waals surface area contributed by atoms with Gasteiger partial charge in [-0.25, -0.2) is 0 Å². The van der Waals surface area contributed by atoms with Crippen LogP contribution >= 0.6 is 0 Å². The predicted molar refractivity (Wildman–Crippen MR) is 71.3 cm³/mol. The standard InChI is InChI=1S/C15H21NO2/c1-11(2)16-8-15(9-17-10-15)13-3-4-14-12(7-13)5-6-18-14/h3-4,7,11,16H,5-6,8-10H2,1-2H3. The molecule has 98 valence electrons. The first-order valence-electron chi connectivity index (χ1n) is 6.77. The van der Waals surface area contributed by atoms with E-state index in [0.717, 1.165) is 38.5 Å². The fourth-order valence-electron chi connectivity index (χ4n) is 2.64. The Labute approximate surface area is 108 Å². The van der Waals surface area contributed by atoms with Gasteiger partial charge in [0.25, 0.3) is 0 Å². The molecule has 0 atom stereocenters. The Hall–Kier alpha value is -1.06. The summed E-state index contributed by atoms with van der Waals surface area (Å²) in [7, 11) is 0. The van der Waals surface area contributed by atoms with Gasteiger partial charge in [0.15, 0.2) is 0 Å². The molecule has 0 unspecified atom stereocenters. The second-order valence-electron chi connectivity index (χ2n) is 5.73. The van der Waals surface area contributed by atoms with E-state index in [9.17, 15) is 0 Å². The van der Waals surface area contributed by atoms with Gasteiger partial charge in [0, 0.05) is 19.0 Å². The van der Waals surface area contributed by atoms with Crippen molar-refractivity contribution in [2.24, 2.45) is 0 Å². The minimum atomic E-state index is 0.169. The fourth-order valence-corrected chi connectivity index (χ4v) is 2.64. The zero-order chi connectivity index (χ0) is 12.6. The van der Waals surface area contributed by atoms with Crippen LogP contribution in [0.25, 0.3) is 0 Å². The molecule has 3 heteroatoms. The van der Waals surface area contributed by atoms with Crippen molar-refractivity contribution in [2.75, 3.05) is 26.4 Å². The van der Waals surface area contributed by atoms with Gasteiger partial charge >= 0.3 is 0 Å². The number of benzene rings is 1. The van der Waals surface area contributed by atoms with Gasteiger partial charge in [0.05, 0.1) is 25.2 Å². The van der Waals surface area contributed by atoms with E-state index in [1.54, 1.807) is 0 Å². The van der Waals surface area contributed by atoms with Crippen molar-refractivity contribution in [1.29, 1.82) is 0 Å². The minimum absolute atomic E-state index is 0.169. The third-order valence-electron chi connectivity index (χ3n) is 3.91. The maximum Gasteiger partial charge on any atom is 0.122 e. The number of fused-ring (bicyclic) bond motifs is 1. The second-order valence-corrected chi connectivity index (χ2v) is 5.73. The largest absolute Gasteiger partial charge is 0.493 e. The molecular weight excluding hydrogens is 226 g/mol. The molecule has 2 aliphatic rings. The summed E-state index contributed by atoms with van der Waals surface area (Å²) in [6.07, 6.45) is 1.04. The van der Waals surface area contributed by atoms with Crippen LogP contribution in [0.1, 0.15) is 25.0 Å². The van der Waals surface area contributed by atoms with Crippen LogP contribution in [0.4, 0.5) is 0 Å². The van der Waals surface area contributed by atoms with Gasteiger partial charge in [-0.2, -0.15) is 0 Å². The van der Waals surface area contributed by atoms with Crippen molar-refractivity contribution in [3.8, 4) is 5.75 Å². The monoisotopic (exact) mass is 247 g/mol. The molecule has 1 aromatic rings. The Bertz CT molecular complexity index is 438. The van der Waals surface area contributed by atoms with Gasteiger partial charge in [-0.05, 0) is 17.2 Å². The molecule has 18 heavy (non-hydrogen) atoms. The summed E-state index contributed by atoms with van der Waals surface area (Å²) in [5, 5.41) is 3.54. The minimum Gasteiger partial charge on any atom is -0.493 e. The van der Waals surface area contributed by atoms with Crippen LogP contribution in [0.5, 0.6) is 5.75 Å². The number of hydrogen-bond donors (Lipinski definition) is 1. The first-order valence-corrected chi connectivity index (χ1v) is 6.77. The lowest BCUT2D eigenvalue weighted by atomic mass is 9.77. The van der Waals surface area contributed by atoms with Gasteiger partial charge in [-0.1, -0.05) is 26.0 Å². The lowest BCUT2D eigenvalue weighted by Gasteiger charge is -2.42. The number of hydrogen-bond acceptors (Lipinski definition) is 3. The average Bonchev–Trinajstić information content (AvgIpc) is 2.74. The van der Waals surface area contributed by atoms with Crippen LogP contribution in [-0.4, -0.2) is 32.4 Å². The number of rotatable bonds is 4. The van der Waals surface area contributed by atoms with Gasteiger partial charge in [-0.15, -0.1) is 0 Å². The summed E-state index contributed by atoms with van der Waals surface area (Å²) in [6, 6.07) is 7.15. The third-order valence-corrected chi connectivity index (χ3v) is 3.91. The SMILES string of the molecule is CC(C)NCC1(c2ccc3c(c2)CCO3)COC1. The molecule has 3 nitrogen and oxygen atoms in total. The van der Waals surface area contributed by atoms with Crippen LogP contribution in [0.3, 0.4) is 0 Å². The molecule has 0 aromatic heterocycles. The highest BCUT2D eigenvalue weighted by Gasteiger charge is 2.40. The van der Waals surface area contributed by atoms with E-state index < -0.39 is 0 Å². The lowest BCUT2D eigenvalue weighted by Crippen LogP contribution is -2.54. The highest BCUT2D eigenvalue weighted by molar-refractivity contribution is 5.43. The summed E-state index contributed by atoms with van der Waals surface area (Å²) in [5.41, 5.74) is 2.91. The van der Waals surface area contributed by atoms with Crippen molar-refractivity contribution >= 4 is 0 Å². The molecule has 0 spiro atoms. The molecule has 1 N–H and O–H groups in total. The van der Waals surface area contributed by atoms with E-state index in [1.807, 2.05) is 0 Å². The zero-order valence-electron chi connectivity index (χ0n) is 11.2. The molecule has 2 aliphatic heterocycles. The van der Waals surface area contributed by atoms with E-state index in [-0.39, 0.29) is 5.41 Å². The summed E-state index contributed by atoms with van der Waals surface area (Å²) in [6.45, 7) is 7.84. The fraction of sp³-hybridized carbons (Fsp3) is 0.600. The van der Waals surface area contributed by atoms with E-state index in [0.29, 0.717) is 6.04 Å². The molecule has 0 radical (unpaired) electrons. The van der Waals surface area contributed by atoms with Crippen molar-refractivity contribution in [1.82, 2.24) is 5.32 Å². The highest BCUT2D eigenvalue weighted by atomic mass is 16.5. The van der Waals surface area contributed by atoms with E-state index >= 15 is 0 Å². The van der Waals surface area contributed by atoms with Gasteiger partial charge in [-0.3, -0.25) is 0 Å². The molecule has 0 aliphatic carbocycles. The molecule has 1 aromatic carbocycles.